The number of unbranched alkanes of at least 4 members (excludes halogenated alkanes) is 1. The van der Waals surface area contributed by atoms with E-state index in [0.29, 0.717) is 32.7 Å². The molecule has 4 aromatic rings. The molecule has 1 heterocycles. The summed E-state index contributed by atoms with van der Waals surface area (Å²) in [6, 6.07) is 42.4. The zero-order valence-corrected chi connectivity index (χ0v) is 41.4. The van der Waals surface area contributed by atoms with E-state index in [1.807, 2.05) is 12.1 Å². The first kappa shape index (κ1) is 49.8. The van der Waals surface area contributed by atoms with Crippen molar-refractivity contribution in [1.29, 1.82) is 0 Å². The first-order valence-corrected chi connectivity index (χ1v) is 27.6. The molecular weight excluding hydrogens is 805 g/mol. The van der Waals surface area contributed by atoms with Crippen molar-refractivity contribution in [3.8, 4) is 0 Å². The van der Waals surface area contributed by atoms with Gasteiger partial charge in [0.05, 0.1) is 31.5 Å². The van der Waals surface area contributed by atoms with E-state index in [-0.39, 0.29) is 41.1 Å². The van der Waals surface area contributed by atoms with Crippen molar-refractivity contribution < 1.29 is 32.5 Å². The molecule has 62 heavy (non-hydrogen) atoms. The molecule has 338 valence electrons. The molecule has 0 N–H and O–H groups in total. The van der Waals surface area contributed by atoms with Crippen LogP contribution in [0.25, 0.3) is 0 Å². The fourth-order valence-corrected chi connectivity index (χ4v) is 13.9. The Balaban J connectivity index is 1.44. The van der Waals surface area contributed by atoms with Crippen LogP contribution in [0, 0.1) is 5.92 Å². The van der Waals surface area contributed by atoms with Gasteiger partial charge in [-0.25, -0.2) is 0 Å². The maximum atomic E-state index is 7.41. The molecule has 0 spiro atoms. The highest BCUT2D eigenvalue weighted by atomic mass is 28.4. The van der Waals surface area contributed by atoms with Gasteiger partial charge in [0.25, 0.3) is 8.32 Å². The second kappa shape index (κ2) is 23.6. The first-order valence-electron chi connectivity index (χ1n) is 22.8. The smallest absolute Gasteiger partial charge is 0.261 e. The topological polar surface area (TPSA) is 64.6 Å². The van der Waals surface area contributed by atoms with Crippen LogP contribution in [-0.4, -0.2) is 74.3 Å². The van der Waals surface area contributed by atoms with Gasteiger partial charge in [-0.2, -0.15) is 0 Å². The van der Waals surface area contributed by atoms with E-state index in [4.69, 9.17) is 32.5 Å². The molecule has 1 saturated heterocycles. The van der Waals surface area contributed by atoms with Crippen LogP contribution in [0.15, 0.2) is 133 Å². The van der Waals surface area contributed by atoms with E-state index >= 15 is 0 Å². The zero-order valence-electron chi connectivity index (χ0n) is 39.4. The molecule has 0 bridgehead atoms. The second-order valence-corrected chi connectivity index (χ2v) is 28.5. The normalized spacial score (nSPS) is 20.0. The molecule has 1 aliphatic heterocycles. The molecule has 0 amide bonds. The predicted octanol–water partition coefficient (Wildman–Crippen LogP) is 11.3. The van der Waals surface area contributed by atoms with E-state index < -0.39 is 28.8 Å². The Morgan fingerprint density at radius 2 is 1.23 bits per heavy atom. The van der Waals surface area contributed by atoms with Gasteiger partial charge in [-0.05, 0) is 63.9 Å². The Kier molecular flexibility index (Phi) is 19.0. The fourth-order valence-electron chi connectivity index (χ4n) is 8.28. The van der Waals surface area contributed by atoms with Crippen LogP contribution >= 0.6 is 0 Å². The lowest BCUT2D eigenvalue weighted by Gasteiger charge is -2.45. The Labute approximate surface area is 376 Å². The van der Waals surface area contributed by atoms with E-state index in [2.05, 4.69) is 183 Å². The van der Waals surface area contributed by atoms with Gasteiger partial charge in [-0.15, -0.1) is 0 Å². The van der Waals surface area contributed by atoms with Crippen molar-refractivity contribution in [2.45, 2.75) is 141 Å². The molecule has 5 rings (SSSR count). The summed E-state index contributed by atoms with van der Waals surface area (Å²) >= 11 is 0. The van der Waals surface area contributed by atoms with Gasteiger partial charge >= 0.3 is 0 Å². The molecule has 9 heteroatoms. The van der Waals surface area contributed by atoms with Crippen LogP contribution in [0.3, 0.4) is 0 Å². The van der Waals surface area contributed by atoms with E-state index in [0.717, 1.165) is 30.6 Å². The van der Waals surface area contributed by atoms with Crippen molar-refractivity contribution in [2.24, 2.45) is 5.92 Å². The largest absolute Gasteiger partial charge is 0.417 e. The summed E-state index contributed by atoms with van der Waals surface area (Å²) in [6.45, 7) is 23.0. The van der Waals surface area contributed by atoms with Crippen molar-refractivity contribution in [3.63, 3.8) is 0 Å². The van der Waals surface area contributed by atoms with Crippen molar-refractivity contribution in [1.82, 2.24) is 0 Å². The highest BCUT2D eigenvalue weighted by molar-refractivity contribution is 6.99. The van der Waals surface area contributed by atoms with Crippen LogP contribution in [0.2, 0.25) is 23.2 Å². The average Bonchev–Trinajstić information content (AvgIpc) is 3.26. The van der Waals surface area contributed by atoms with Crippen LogP contribution < -0.4 is 10.4 Å². The Morgan fingerprint density at radius 1 is 0.694 bits per heavy atom. The Hall–Kier alpha value is -3.23. The summed E-state index contributed by atoms with van der Waals surface area (Å²) in [6.07, 6.45) is 6.12. The van der Waals surface area contributed by atoms with Crippen LogP contribution in [0.4, 0.5) is 0 Å². The number of hydrogen-bond acceptors (Lipinski definition) is 7. The minimum atomic E-state index is -2.76. The molecule has 1 aliphatic rings. The molecule has 0 aromatic heterocycles. The zero-order chi connectivity index (χ0) is 44.6. The summed E-state index contributed by atoms with van der Waals surface area (Å²) in [7, 11) is -2.90. The standard InChI is InChI=1S/C53H76O7Si2/c1-42-47(35-37-59-62(53(5,6)7,45-30-20-13-21-31-45)46-32-22-14-23-33-46)60-50(38-49(42)57-41-54-8)51(56-40-44-28-18-12-19-29-44)48(55-39-43-26-16-11-17-27-43)34-24-15-25-36-58-61(9,10)52(2,3)4/h11-14,16-24,26-34,42,47-51H,15,25,35-41H2,1-10H3/b34-24+/t42-,47+,48-,49-,50+,51-/m0/s1. The molecule has 0 aliphatic carbocycles. The van der Waals surface area contributed by atoms with E-state index in [1.165, 1.54) is 10.4 Å². The molecule has 6 atom stereocenters. The van der Waals surface area contributed by atoms with Gasteiger partial charge in [0.1, 0.15) is 19.0 Å². The van der Waals surface area contributed by atoms with Crippen LogP contribution in [0.1, 0.15) is 85.3 Å². The monoisotopic (exact) mass is 881 g/mol. The molecule has 0 radical (unpaired) electrons. The number of methoxy groups -OCH3 is 1. The van der Waals surface area contributed by atoms with Gasteiger partial charge in [0.15, 0.2) is 8.32 Å². The highest BCUT2D eigenvalue weighted by Crippen LogP contribution is 2.39. The molecule has 4 aromatic carbocycles. The predicted molar refractivity (Wildman–Crippen MR) is 259 cm³/mol. The number of allylic oxidation sites excluding steroid dienone is 1. The summed E-state index contributed by atoms with van der Waals surface area (Å²) < 4.78 is 47.1. The maximum absolute atomic E-state index is 7.41. The third-order valence-electron chi connectivity index (χ3n) is 12.9. The SMILES string of the molecule is COCO[C@H]1C[C@H]([C@@H](OCc2ccccc2)[C@H](/C=C/CCCO[Si](C)(C)C(C)(C)C)OCc2ccccc2)O[C@H](CCO[Si](c2ccccc2)(c2ccccc2)C(C)(C)C)[C@@H]1C. The number of hydrogen-bond donors (Lipinski definition) is 0. The van der Waals surface area contributed by atoms with Crippen molar-refractivity contribution in [3.05, 3.63) is 145 Å². The van der Waals surface area contributed by atoms with Crippen LogP contribution in [0.5, 0.6) is 0 Å². The van der Waals surface area contributed by atoms with E-state index in [1.54, 1.807) is 7.11 Å². The van der Waals surface area contributed by atoms with Gasteiger partial charge in [0, 0.05) is 32.7 Å². The second-order valence-electron chi connectivity index (χ2n) is 19.4. The maximum Gasteiger partial charge on any atom is 0.261 e. The summed E-state index contributed by atoms with van der Waals surface area (Å²) in [5.74, 6) is 0.0825. The lowest BCUT2D eigenvalue weighted by Crippen LogP contribution is -2.66. The van der Waals surface area contributed by atoms with Crippen LogP contribution in [-0.2, 0) is 45.8 Å². The fraction of sp³-hybridized carbons (Fsp3) is 0.509. The molecule has 0 unspecified atom stereocenters. The Morgan fingerprint density at radius 3 is 1.74 bits per heavy atom. The van der Waals surface area contributed by atoms with Crippen molar-refractivity contribution >= 4 is 27.0 Å². The molecule has 0 saturated carbocycles. The van der Waals surface area contributed by atoms with Gasteiger partial charge in [-0.1, -0.05) is 182 Å². The molecular formula is C53H76O7Si2. The summed E-state index contributed by atoms with van der Waals surface area (Å²) in [4.78, 5) is 0. The van der Waals surface area contributed by atoms with Gasteiger partial charge < -0.3 is 32.5 Å². The molecule has 7 nitrogen and oxygen atoms in total. The lowest BCUT2D eigenvalue weighted by atomic mass is 9.86. The summed E-state index contributed by atoms with van der Waals surface area (Å²) in [5, 5.41) is 2.57. The third kappa shape index (κ3) is 13.6. The highest BCUT2D eigenvalue weighted by Gasteiger charge is 2.50. The van der Waals surface area contributed by atoms with Crippen molar-refractivity contribution in [2.75, 3.05) is 27.1 Å². The van der Waals surface area contributed by atoms with Gasteiger partial charge in [0.2, 0.25) is 0 Å². The minimum Gasteiger partial charge on any atom is -0.417 e. The minimum absolute atomic E-state index is 0.0825. The van der Waals surface area contributed by atoms with Gasteiger partial charge in [-0.3, -0.25) is 0 Å². The first-order chi connectivity index (χ1) is 29.7. The molecule has 1 fully saturated rings. The average molecular weight is 881 g/mol. The number of benzene rings is 4. The quantitative estimate of drug-likeness (QED) is 0.0318. The number of rotatable bonds is 23. The lowest BCUT2D eigenvalue weighted by molar-refractivity contribution is -0.220. The van der Waals surface area contributed by atoms with E-state index in [9.17, 15) is 0 Å². The number of ether oxygens (including phenoxy) is 5. The third-order valence-corrected chi connectivity index (χ3v) is 22.5. The summed E-state index contributed by atoms with van der Waals surface area (Å²) in [5.41, 5.74) is 2.20. The Bertz CT molecular complexity index is 1820.